The summed E-state index contributed by atoms with van der Waals surface area (Å²) in [5, 5.41) is 32.0. The van der Waals surface area contributed by atoms with Crippen LogP contribution in [0.15, 0.2) is 24.3 Å². The molecule has 1 aromatic rings. The van der Waals surface area contributed by atoms with E-state index in [4.69, 9.17) is 25.5 Å². The van der Waals surface area contributed by atoms with E-state index in [1.807, 2.05) is 0 Å². The Morgan fingerprint density at radius 1 is 1.00 bits per heavy atom. The van der Waals surface area contributed by atoms with Crippen LogP contribution in [0.4, 0.5) is 0 Å². The van der Waals surface area contributed by atoms with Crippen LogP contribution < -0.4 is 0 Å². The quantitative estimate of drug-likeness (QED) is 0.317. The van der Waals surface area contributed by atoms with Crippen LogP contribution in [0.5, 0.6) is 11.5 Å². The molecule has 0 radical (unpaired) electrons. The van der Waals surface area contributed by atoms with Crippen molar-refractivity contribution in [1.82, 2.24) is 0 Å². The molecule has 6 nitrogen and oxygen atoms in total. The van der Waals surface area contributed by atoms with Crippen LogP contribution in [0.25, 0.3) is 0 Å². The Kier molecular flexibility index (Phi) is 8.15. The van der Waals surface area contributed by atoms with E-state index >= 15 is 0 Å². The Bertz CT molecular complexity index is 225. The Labute approximate surface area is 89.1 Å². The van der Waals surface area contributed by atoms with Crippen LogP contribution in [0, 0.1) is 15.3 Å². The second-order valence-corrected chi connectivity index (χ2v) is 1.74. The van der Waals surface area contributed by atoms with Crippen molar-refractivity contribution in [2.45, 2.75) is 0 Å². The topological polar surface area (TPSA) is 107 Å². The van der Waals surface area contributed by atoms with E-state index in [-0.39, 0.29) is 33.9 Å². The van der Waals surface area contributed by atoms with Gasteiger partial charge in [0.15, 0.2) is 0 Å². The molecule has 7 heteroatoms. The number of hydrogen-bond acceptors (Lipinski definition) is 5. The van der Waals surface area contributed by atoms with Crippen molar-refractivity contribution in [3.8, 4) is 11.5 Å². The first kappa shape index (κ1) is 14.3. The van der Waals surface area contributed by atoms with E-state index in [9.17, 15) is 0 Å². The third kappa shape index (κ3) is 10.8. The molecule has 0 heterocycles. The van der Waals surface area contributed by atoms with E-state index in [1.165, 1.54) is 24.3 Å². The average molecular weight is 280 g/mol. The van der Waals surface area contributed by atoms with Gasteiger partial charge in [0.25, 0.3) is 0 Å². The molecule has 13 heavy (non-hydrogen) atoms. The maximum atomic E-state index is 8.65. The zero-order chi connectivity index (χ0) is 9.56. The van der Waals surface area contributed by atoms with Gasteiger partial charge in [-0.2, -0.15) is 0 Å². The second kappa shape index (κ2) is 7.41. The molecule has 0 amide bonds. The molecule has 0 saturated carbocycles. The maximum absolute atomic E-state index is 8.65. The normalized spacial score (nSPS) is 7.38. The molecule has 0 bridgehead atoms. The van der Waals surface area contributed by atoms with Crippen molar-refractivity contribution in [3.63, 3.8) is 0 Å². The third-order valence-corrected chi connectivity index (χ3v) is 0.850. The Morgan fingerprint density at radius 2 is 1.15 bits per heavy atom. The first-order valence-corrected chi connectivity index (χ1v) is 2.82. The predicted octanol–water partition coefficient (Wildman–Crippen LogP) is 0.856. The van der Waals surface area contributed by atoms with Gasteiger partial charge in [-0.25, -0.2) is 0 Å². The minimum absolute atomic E-state index is 0. The number of aromatic hydroxyl groups is 2. The standard InChI is InChI=1S/C6H6O2.Ag.NO3/c7-5-1-2-6(8)4-3-5;;2-1(3)4/h1-4,7-8H;;/q;+1;-1. The molecule has 0 aromatic heterocycles. The fourth-order valence-corrected chi connectivity index (χ4v) is 0.453. The number of rotatable bonds is 0. The van der Waals surface area contributed by atoms with Crippen LogP contribution in [0.3, 0.4) is 0 Å². The van der Waals surface area contributed by atoms with E-state index in [2.05, 4.69) is 0 Å². The molecular weight excluding hydrogens is 274 g/mol. The van der Waals surface area contributed by atoms with Crippen molar-refractivity contribution in [3.05, 3.63) is 39.6 Å². The SMILES string of the molecule is O=[N+]([O-])[O-].Oc1ccc(O)cc1.[Ag+]. The Balaban J connectivity index is 0. The molecule has 0 fully saturated rings. The third-order valence-electron chi connectivity index (χ3n) is 0.850. The molecule has 0 atom stereocenters. The molecule has 0 aliphatic heterocycles. The monoisotopic (exact) mass is 279 g/mol. The zero-order valence-corrected chi connectivity index (χ0v) is 7.66. The van der Waals surface area contributed by atoms with Crippen LogP contribution in [0.2, 0.25) is 0 Å². The summed E-state index contributed by atoms with van der Waals surface area (Å²) >= 11 is 0. The van der Waals surface area contributed by atoms with Gasteiger partial charge in [-0.15, -0.1) is 0 Å². The van der Waals surface area contributed by atoms with Crippen molar-refractivity contribution >= 4 is 0 Å². The van der Waals surface area contributed by atoms with Crippen molar-refractivity contribution in [1.29, 1.82) is 0 Å². The summed E-state index contributed by atoms with van der Waals surface area (Å²) < 4.78 is 0. The molecule has 0 unspecified atom stereocenters. The Morgan fingerprint density at radius 3 is 1.31 bits per heavy atom. The number of benzene rings is 1. The van der Waals surface area contributed by atoms with Crippen molar-refractivity contribution < 1.29 is 37.7 Å². The average Bonchev–Trinajstić information content (AvgIpc) is 1.94. The molecule has 0 aliphatic carbocycles. The van der Waals surface area contributed by atoms with Gasteiger partial charge in [-0.3, -0.25) is 0 Å². The summed E-state index contributed by atoms with van der Waals surface area (Å²) in [6, 6.07) is 5.70. The molecule has 0 spiro atoms. The number of nitrogens with zero attached hydrogens (tertiary/aromatic N) is 1. The van der Waals surface area contributed by atoms with Gasteiger partial charge >= 0.3 is 22.4 Å². The van der Waals surface area contributed by atoms with E-state index in [0.717, 1.165) is 0 Å². The van der Waals surface area contributed by atoms with Crippen LogP contribution in [-0.4, -0.2) is 15.3 Å². The molecular formula is C6H6AgNO5. The van der Waals surface area contributed by atoms with E-state index in [0.29, 0.717) is 0 Å². The molecule has 1 aromatic carbocycles. The van der Waals surface area contributed by atoms with Gasteiger partial charge in [-0.1, -0.05) is 0 Å². The van der Waals surface area contributed by atoms with Crippen LogP contribution in [-0.2, 0) is 22.4 Å². The number of hydrogen-bond donors (Lipinski definition) is 2. The molecule has 2 N–H and O–H groups in total. The molecule has 0 saturated heterocycles. The first-order valence-electron chi connectivity index (χ1n) is 2.82. The van der Waals surface area contributed by atoms with Gasteiger partial charge in [0.2, 0.25) is 0 Å². The summed E-state index contributed by atoms with van der Waals surface area (Å²) in [7, 11) is 0. The number of phenolic OH excluding ortho intramolecular Hbond substituents is 2. The summed E-state index contributed by atoms with van der Waals surface area (Å²) in [5.74, 6) is 0.339. The smallest absolute Gasteiger partial charge is 0.508 e. The minimum atomic E-state index is -1.75. The van der Waals surface area contributed by atoms with E-state index in [1.54, 1.807) is 0 Å². The summed E-state index contributed by atoms with van der Waals surface area (Å²) in [4.78, 5) is 8.25. The zero-order valence-electron chi connectivity index (χ0n) is 6.18. The summed E-state index contributed by atoms with van der Waals surface area (Å²) in [5.41, 5.74) is 0. The molecule has 76 valence electrons. The number of phenols is 2. The van der Waals surface area contributed by atoms with Gasteiger partial charge in [0, 0.05) is 0 Å². The second-order valence-electron chi connectivity index (χ2n) is 1.74. The fraction of sp³-hybridized carbons (Fsp3) is 0. The van der Waals surface area contributed by atoms with Gasteiger partial charge in [-0.05, 0) is 24.3 Å². The summed E-state index contributed by atoms with van der Waals surface area (Å²) in [6.45, 7) is 0. The van der Waals surface area contributed by atoms with Gasteiger partial charge in [0.1, 0.15) is 11.5 Å². The van der Waals surface area contributed by atoms with Crippen LogP contribution in [0.1, 0.15) is 0 Å². The Hall–Kier alpha value is -1.24. The minimum Gasteiger partial charge on any atom is -0.508 e. The first-order chi connectivity index (χ1) is 5.52. The van der Waals surface area contributed by atoms with Crippen LogP contribution >= 0.6 is 0 Å². The van der Waals surface area contributed by atoms with E-state index < -0.39 is 5.09 Å². The van der Waals surface area contributed by atoms with Gasteiger partial charge in [0.05, 0.1) is 5.09 Å². The summed E-state index contributed by atoms with van der Waals surface area (Å²) in [6.07, 6.45) is 0. The van der Waals surface area contributed by atoms with Gasteiger partial charge < -0.3 is 25.5 Å². The van der Waals surface area contributed by atoms with Crippen molar-refractivity contribution in [2.24, 2.45) is 0 Å². The fourth-order valence-electron chi connectivity index (χ4n) is 0.453. The predicted molar refractivity (Wildman–Crippen MR) is 40.1 cm³/mol. The maximum Gasteiger partial charge on any atom is 1.00 e. The largest absolute Gasteiger partial charge is 1.00 e. The van der Waals surface area contributed by atoms with Crippen molar-refractivity contribution in [2.75, 3.05) is 0 Å². The molecule has 1 rings (SSSR count). The molecule has 0 aliphatic rings.